The number of para-hydroxylation sites is 2. The van der Waals surface area contributed by atoms with Gasteiger partial charge in [0.2, 0.25) is 11.8 Å². The molecule has 0 radical (unpaired) electrons. The Labute approximate surface area is 188 Å². The van der Waals surface area contributed by atoms with Crippen molar-refractivity contribution in [3.8, 4) is 0 Å². The lowest BCUT2D eigenvalue weighted by Crippen LogP contribution is -2.60. The number of carboxylic acids is 1. The summed E-state index contributed by atoms with van der Waals surface area (Å²) in [6.45, 7) is 7.94. The predicted molar refractivity (Wildman–Crippen MR) is 120 cm³/mol. The largest absolute Gasteiger partial charge is 0.480 e. The molecule has 2 heterocycles. The van der Waals surface area contributed by atoms with Crippen LogP contribution in [0, 0.1) is 11.8 Å². The van der Waals surface area contributed by atoms with E-state index in [0.29, 0.717) is 37.2 Å². The Bertz CT molecular complexity index is 900. The van der Waals surface area contributed by atoms with Crippen LogP contribution in [0.3, 0.4) is 0 Å². The highest BCUT2D eigenvalue weighted by Gasteiger charge is 2.42. The quantitative estimate of drug-likeness (QED) is 0.623. The van der Waals surface area contributed by atoms with Crippen LogP contribution in [0.1, 0.15) is 47.0 Å². The van der Waals surface area contributed by atoms with Crippen LogP contribution in [0.15, 0.2) is 24.3 Å². The zero-order valence-electron chi connectivity index (χ0n) is 19.0. The van der Waals surface area contributed by atoms with E-state index in [1.165, 1.54) is 9.80 Å². The van der Waals surface area contributed by atoms with Crippen molar-refractivity contribution in [2.45, 2.75) is 65.1 Å². The molecule has 174 valence electrons. The molecule has 1 aromatic carbocycles. The summed E-state index contributed by atoms with van der Waals surface area (Å²) in [4.78, 5) is 53.9. The van der Waals surface area contributed by atoms with Gasteiger partial charge in [0.1, 0.15) is 18.1 Å². The number of hydrogen-bond donors (Lipinski definition) is 3. The van der Waals surface area contributed by atoms with Crippen LogP contribution in [-0.4, -0.2) is 58.5 Å². The minimum atomic E-state index is -1.04. The molecule has 32 heavy (non-hydrogen) atoms. The number of rotatable bonds is 6. The predicted octanol–water partition coefficient (Wildman–Crippen LogP) is 2.67. The number of urea groups is 1. The Morgan fingerprint density at radius 2 is 1.88 bits per heavy atom. The molecule has 0 unspecified atom stereocenters. The normalized spacial score (nSPS) is 21.4. The van der Waals surface area contributed by atoms with E-state index in [-0.39, 0.29) is 17.7 Å². The maximum atomic E-state index is 13.5. The Kier molecular flexibility index (Phi) is 7.06. The summed E-state index contributed by atoms with van der Waals surface area (Å²) in [6, 6.07) is 3.99. The average molecular weight is 445 g/mol. The number of likely N-dealkylation sites (tertiary alicyclic amines) is 1. The summed E-state index contributed by atoms with van der Waals surface area (Å²) in [5.74, 6) is -1.79. The molecule has 0 saturated carbocycles. The number of fused-ring (bicyclic) bond motifs is 1. The SMILES string of the molecule is CC(C)C[C@@H](NC(=O)N1c2ccccc2NC(=O)[C@@H]1C(C)C)C(=O)N1CCC[C@H]1C(=O)O. The molecule has 3 atom stereocenters. The smallest absolute Gasteiger partial charge is 0.326 e. The number of anilines is 2. The van der Waals surface area contributed by atoms with Gasteiger partial charge in [0.15, 0.2) is 0 Å². The molecule has 1 fully saturated rings. The highest BCUT2D eigenvalue weighted by Crippen LogP contribution is 2.34. The topological polar surface area (TPSA) is 119 Å². The van der Waals surface area contributed by atoms with Crippen LogP contribution in [0.2, 0.25) is 0 Å². The molecule has 0 aliphatic carbocycles. The summed E-state index contributed by atoms with van der Waals surface area (Å²) in [5, 5.41) is 15.2. The lowest BCUT2D eigenvalue weighted by atomic mass is 9.97. The van der Waals surface area contributed by atoms with Crippen molar-refractivity contribution in [2.75, 3.05) is 16.8 Å². The van der Waals surface area contributed by atoms with E-state index in [9.17, 15) is 24.3 Å². The van der Waals surface area contributed by atoms with Gasteiger partial charge >= 0.3 is 12.0 Å². The zero-order valence-corrected chi connectivity index (χ0v) is 19.0. The van der Waals surface area contributed by atoms with Gasteiger partial charge in [-0.25, -0.2) is 9.59 Å². The third-order valence-electron chi connectivity index (χ3n) is 5.94. The first-order valence-corrected chi connectivity index (χ1v) is 11.1. The molecule has 1 saturated heterocycles. The first-order valence-electron chi connectivity index (χ1n) is 11.1. The van der Waals surface area contributed by atoms with Gasteiger partial charge in [-0.15, -0.1) is 0 Å². The Hall–Kier alpha value is -3.10. The van der Waals surface area contributed by atoms with Crippen LogP contribution >= 0.6 is 0 Å². The van der Waals surface area contributed by atoms with Crippen LogP contribution in [0.5, 0.6) is 0 Å². The van der Waals surface area contributed by atoms with E-state index in [2.05, 4.69) is 10.6 Å². The molecular formula is C23H32N4O5. The third kappa shape index (κ3) is 4.71. The fourth-order valence-electron chi connectivity index (χ4n) is 4.50. The first kappa shape index (κ1) is 23.6. The van der Waals surface area contributed by atoms with Crippen LogP contribution in [-0.2, 0) is 14.4 Å². The number of hydrogen-bond acceptors (Lipinski definition) is 4. The van der Waals surface area contributed by atoms with E-state index in [4.69, 9.17) is 0 Å². The van der Waals surface area contributed by atoms with Gasteiger partial charge in [0.25, 0.3) is 0 Å². The number of nitrogens with zero attached hydrogens (tertiary/aromatic N) is 2. The van der Waals surface area contributed by atoms with Crippen molar-refractivity contribution < 1.29 is 24.3 Å². The molecule has 4 amide bonds. The number of amides is 4. The van der Waals surface area contributed by atoms with Gasteiger partial charge in [-0.1, -0.05) is 39.8 Å². The molecule has 2 aliphatic heterocycles. The van der Waals surface area contributed by atoms with E-state index < -0.39 is 36.0 Å². The number of benzene rings is 1. The zero-order chi connectivity index (χ0) is 23.6. The van der Waals surface area contributed by atoms with Crippen LogP contribution in [0.4, 0.5) is 16.2 Å². The maximum Gasteiger partial charge on any atom is 0.326 e. The second-order valence-corrected chi connectivity index (χ2v) is 9.22. The number of nitrogens with one attached hydrogen (secondary N) is 2. The number of aliphatic carboxylic acids is 1. The molecule has 0 aromatic heterocycles. The number of carboxylic acid groups (broad SMARTS) is 1. The molecule has 3 rings (SSSR count). The van der Waals surface area contributed by atoms with E-state index in [1.807, 2.05) is 27.7 Å². The van der Waals surface area contributed by atoms with Gasteiger partial charge in [-0.2, -0.15) is 0 Å². The average Bonchev–Trinajstić information content (AvgIpc) is 3.21. The fourth-order valence-corrected chi connectivity index (χ4v) is 4.50. The maximum absolute atomic E-state index is 13.5. The monoisotopic (exact) mass is 444 g/mol. The van der Waals surface area contributed by atoms with Crippen LogP contribution in [0.25, 0.3) is 0 Å². The second kappa shape index (κ2) is 9.58. The van der Waals surface area contributed by atoms with Gasteiger partial charge < -0.3 is 20.6 Å². The van der Waals surface area contributed by atoms with Crippen molar-refractivity contribution in [1.29, 1.82) is 0 Å². The number of carbonyl (C=O) groups excluding carboxylic acids is 3. The number of carbonyl (C=O) groups is 4. The van der Waals surface area contributed by atoms with Gasteiger partial charge in [-0.3, -0.25) is 14.5 Å². The molecule has 9 nitrogen and oxygen atoms in total. The summed E-state index contributed by atoms with van der Waals surface area (Å²) < 4.78 is 0. The summed E-state index contributed by atoms with van der Waals surface area (Å²) in [7, 11) is 0. The Morgan fingerprint density at radius 3 is 2.50 bits per heavy atom. The van der Waals surface area contributed by atoms with Gasteiger partial charge in [0.05, 0.1) is 11.4 Å². The van der Waals surface area contributed by atoms with Gasteiger partial charge in [-0.05, 0) is 43.2 Å². The van der Waals surface area contributed by atoms with Crippen LogP contribution < -0.4 is 15.5 Å². The van der Waals surface area contributed by atoms with Crippen molar-refractivity contribution >= 4 is 35.2 Å². The molecular weight excluding hydrogens is 412 g/mol. The van der Waals surface area contributed by atoms with E-state index in [1.54, 1.807) is 24.3 Å². The van der Waals surface area contributed by atoms with Crippen molar-refractivity contribution in [2.24, 2.45) is 11.8 Å². The van der Waals surface area contributed by atoms with Crippen molar-refractivity contribution in [3.63, 3.8) is 0 Å². The molecule has 3 N–H and O–H groups in total. The van der Waals surface area contributed by atoms with Crippen molar-refractivity contribution in [3.05, 3.63) is 24.3 Å². The lowest BCUT2D eigenvalue weighted by Gasteiger charge is -2.39. The van der Waals surface area contributed by atoms with Crippen molar-refractivity contribution in [1.82, 2.24) is 10.2 Å². The highest BCUT2D eigenvalue weighted by atomic mass is 16.4. The molecule has 2 aliphatic rings. The molecule has 9 heteroatoms. The minimum absolute atomic E-state index is 0.0907. The summed E-state index contributed by atoms with van der Waals surface area (Å²) in [5.41, 5.74) is 1.09. The minimum Gasteiger partial charge on any atom is -0.480 e. The molecule has 0 spiro atoms. The Balaban J connectivity index is 1.90. The fraction of sp³-hybridized carbons (Fsp3) is 0.565. The standard InChI is InChI=1S/C23H32N4O5/c1-13(2)12-16(21(29)26-11-7-10-18(26)22(30)31)25-23(32)27-17-9-6-5-8-15(17)24-20(28)19(27)14(3)4/h5-6,8-9,13-14,16,18-19H,7,10-12H2,1-4H3,(H,24,28)(H,25,32)(H,30,31)/t16-,18+,19+/m1/s1. The third-order valence-corrected chi connectivity index (χ3v) is 5.94. The highest BCUT2D eigenvalue weighted by molar-refractivity contribution is 6.12. The second-order valence-electron chi connectivity index (χ2n) is 9.22. The van der Waals surface area contributed by atoms with E-state index >= 15 is 0 Å². The molecule has 1 aromatic rings. The summed E-state index contributed by atoms with van der Waals surface area (Å²) >= 11 is 0. The Morgan fingerprint density at radius 1 is 1.19 bits per heavy atom. The van der Waals surface area contributed by atoms with E-state index in [0.717, 1.165) is 0 Å². The summed E-state index contributed by atoms with van der Waals surface area (Å²) in [6.07, 6.45) is 1.38. The lowest BCUT2D eigenvalue weighted by molar-refractivity contribution is -0.149. The molecule has 0 bridgehead atoms. The van der Waals surface area contributed by atoms with Gasteiger partial charge in [0, 0.05) is 6.54 Å². The first-order chi connectivity index (χ1) is 15.1.